The Kier molecular flexibility index (Phi) is 5.20. The summed E-state index contributed by atoms with van der Waals surface area (Å²) in [5, 5.41) is 10.7. The van der Waals surface area contributed by atoms with Gasteiger partial charge in [0.1, 0.15) is 5.82 Å². The van der Waals surface area contributed by atoms with Gasteiger partial charge in [-0.15, -0.1) is 11.3 Å². The van der Waals surface area contributed by atoms with Gasteiger partial charge in [-0.25, -0.2) is 4.98 Å². The number of aromatic nitrogens is 2. The van der Waals surface area contributed by atoms with Crippen LogP contribution in [0.2, 0.25) is 0 Å². The maximum absolute atomic E-state index is 8.70. The smallest absolute Gasteiger partial charge is 0.170 e. The zero-order valence-electron chi connectivity index (χ0n) is 9.84. The third-order valence-electron chi connectivity index (χ3n) is 2.04. The van der Waals surface area contributed by atoms with Gasteiger partial charge < -0.3 is 5.11 Å². The van der Waals surface area contributed by atoms with E-state index < -0.39 is 0 Å². The van der Waals surface area contributed by atoms with Crippen molar-refractivity contribution in [3.63, 3.8) is 0 Å². The molecule has 2 heterocycles. The molecule has 0 unspecified atom stereocenters. The lowest BCUT2D eigenvalue weighted by Gasteiger charge is -1.95. The summed E-state index contributed by atoms with van der Waals surface area (Å²) in [4.78, 5) is 5.57. The lowest BCUT2D eigenvalue weighted by Crippen LogP contribution is -1.81. The Labute approximate surface area is 118 Å². The number of aryl methyl sites for hydroxylation is 1. The third kappa shape index (κ3) is 3.82. The molecule has 3 nitrogen and oxygen atoms in total. The Balaban J connectivity index is 1.98. The molecule has 2 aromatic rings. The van der Waals surface area contributed by atoms with Gasteiger partial charge in [0.15, 0.2) is 4.34 Å². The predicted molar refractivity (Wildman–Crippen MR) is 77.1 cm³/mol. The van der Waals surface area contributed by atoms with Gasteiger partial charge >= 0.3 is 0 Å². The molecule has 0 saturated heterocycles. The summed E-state index contributed by atoms with van der Waals surface area (Å²) in [5.41, 5.74) is 1.06. The molecule has 0 amide bonds. The van der Waals surface area contributed by atoms with E-state index >= 15 is 0 Å². The Morgan fingerprint density at radius 2 is 2.39 bits per heavy atom. The highest BCUT2D eigenvalue weighted by Crippen LogP contribution is 2.28. The number of aliphatic hydroxyl groups excluding tert-OH is 1. The van der Waals surface area contributed by atoms with Crippen molar-refractivity contribution in [2.45, 2.75) is 23.4 Å². The Bertz CT molecular complexity index is 565. The molecule has 2 aromatic heterocycles. The number of hydrogen-bond acceptors (Lipinski definition) is 6. The minimum Gasteiger partial charge on any atom is -0.395 e. The highest BCUT2D eigenvalue weighted by Gasteiger charge is 2.06. The molecule has 0 spiro atoms. The van der Waals surface area contributed by atoms with Gasteiger partial charge in [0.05, 0.1) is 6.61 Å². The molecule has 2 rings (SSSR count). The molecule has 6 heteroatoms. The van der Waals surface area contributed by atoms with Crippen molar-refractivity contribution in [3.8, 4) is 11.8 Å². The largest absolute Gasteiger partial charge is 0.395 e. The van der Waals surface area contributed by atoms with Gasteiger partial charge in [-0.3, -0.25) is 0 Å². The van der Waals surface area contributed by atoms with Crippen molar-refractivity contribution >= 4 is 34.6 Å². The van der Waals surface area contributed by atoms with E-state index in [2.05, 4.69) is 21.2 Å². The lowest BCUT2D eigenvalue weighted by atomic mass is 10.2. The van der Waals surface area contributed by atoms with Crippen molar-refractivity contribution < 1.29 is 5.11 Å². The molecule has 0 aromatic carbocycles. The molecule has 94 valence electrons. The van der Waals surface area contributed by atoms with Crippen LogP contribution in [-0.4, -0.2) is 21.1 Å². The molecule has 0 radical (unpaired) electrons. The third-order valence-corrected chi connectivity index (χ3v) is 5.10. The van der Waals surface area contributed by atoms with Crippen molar-refractivity contribution in [1.82, 2.24) is 9.36 Å². The molecular weight excluding hydrogens is 284 g/mol. The fraction of sp³-hybridized carbons (Fsp3) is 0.333. The summed E-state index contributed by atoms with van der Waals surface area (Å²) in [5.74, 6) is 7.74. The van der Waals surface area contributed by atoms with Crippen LogP contribution in [-0.2, 0) is 5.75 Å². The molecule has 0 saturated carbocycles. The van der Waals surface area contributed by atoms with Gasteiger partial charge in [-0.2, -0.15) is 4.37 Å². The van der Waals surface area contributed by atoms with Crippen LogP contribution in [0.15, 0.2) is 15.8 Å². The maximum Gasteiger partial charge on any atom is 0.170 e. The minimum absolute atomic E-state index is 0.116. The van der Waals surface area contributed by atoms with E-state index in [1.54, 1.807) is 23.1 Å². The van der Waals surface area contributed by atoms with Crippen molar-refractivity contribution in [3.05, 3.63) is 27.7 Å². The lowest BCUT2D eigenvalue weighted by molar-refractivity contribution is 0.305. The summed E-state index contributed by atoms with van der Waals surface area (Å²) in [7, 11) is 0. The van der Waals surface area contributed by atoms with Crippen molar-refractivity contribution in [2.24, 2.45) is 0 Å². The molecule has 0 bridgehead atoms. The first-order chi connectivity index (χ1) is 8.79. The monoisotopic (exact) mass is 296 g/mol. The van der Waals surface area contributed by atoms with E-state index in [1.807, 2.05) is 18.4 Å². The van der Waals surface area contributed by atoms with E-state index in [0.29, 0.717) is 6.42 Å². The number of thiophene rings is 1. The molecule has 1 N–H and O–H groups in total. The first-order valence-electron chi connectivity index (χ1n) is 5.39. The van der Waals surface area contributed by atoms with Crippen LogP contribution in [0, 0.1) is 18.8 Å². The number of rotatable bonds is 4. The second-order valence-electron chi connectivity index (χ2n) is 3.43. The molecule has 0 atom stereocenters. The Morgan fingerprint density at radius 3 is 3.11 bits per heavy atom. The van der Waals surface area contributed by atoms with Gasteiger partial charge in [-0.05, 0) is 29.9 Å². The molecular formula is C12H12N2OS3. The average molecular weight is 296 g/mol. The molecule has 0 aliphatic carbocycles. The van der Waals surface area contributed by atoms with E-state index in [9.17, 15) is 0 Å². The van der Waals surface area contributed by atoms with Gasteiger partial charge in [0.2, 0.25) is 0 Å². The van der Waals surface area contributed by atoms with Crippen molar-refractivity contribution in [2.75, 3.05) is 6.61 Å². The van der Waals surface area contributed by atoms with Crippen molar-refractivity contribution in [1.29, 1.82) is 0 Å². The SMILES string of the molecule is Cc1nsc(SCc2sccc2C#CCCO)n1. The standard InChI is InChI=1S/C12H12N2OS3/c1-9-13-12(18-14-9)17-8-11-10(5-7-16-11)4-2-3-6-15/h5,7,15H,3,6,8H2,1H3. The number of nitrogens with zero attached hydrogens (tertiary/aromatic N) is 2. The second-order valence-corrected chi connectivity index (χ2v) is 6.40. The first kappa shape index (κ1) is 13.6. The number of thioether (sulfide) groups is 1. The minimum atomic E-state index is 0.116. The Morgan fingerprint density at radius 1 is 1.50 bits per heavy atom. The molecule has 18 heavy (non-hydrogen) atoms. The summed E-state index contributed by atoms with van der Waals surface area (Å²) in [6.45, 7) is 2.02. The van der Waals surface area contributed by atoms with Crippen LogP contribution in [0.4, 0.5) is 0 Å². The summed E-state index contributed by atoms with van der Waals surface area (Å²) < 4.78 is 5.15. The topological polar surface area (TPSA) is 46.0 Å². The normalized spacial score (nSPS) is 10.1. The quantitative estimate of drug-likeness (QED) is 0.696. The second kappa shape index (κ2) is 6.90. The van der Waals surface area contributed by atoms with E-state index in [-0.39, 0.29) is 6.61 Å². The van der Waals surface area contributed by atoms with Crippen LogP contribution in [0.1, 0.15) is 22.7 Å². The number of aliphatic hydroxyl groups is 1. The fourth-order valence-corrected chi connectivity index (χ4v) is 3.83. The molecule has 0 fully saturated rings. The highest BCUT2D eigenvalue weighted by atomic mass is 32.2. The van der Waals surface area contributed by atoms with Crippen LogP contribution in [0.25, 0.3) is 0 Å². The summed E-state index contributed by atoms with van der Waals surface area (Å²) >= 11 is 4.83. The molecule has 0 aliphatic rings. The summed E-state index contributed by atoms with van der Waals surface area (Å²) in [6.07, 6.45) is 0.526. The fourth-order valence-electron chi connectivity index (χ4n) is 1.24. The molecule has 0 aliphatic heterocycles. The van der Waals surface area contributed by atoms with Crippen LogP contribution in [0.3, 0.4) is 0 Å². The number of hydrogen-bond donors (Lipinski definition) is 1. The van der Waals surface area contributed by atoms with Crippen LogP contribution < -0.4 is 0 Å². The summed E-state index contributed by atoms with van der Waals surface area (Å²) in [6, 6.07) is 2.02. The van der Waals surface area contributed by atoms with E-state index in [1.165, 1.54) is 16.4 Å². The highest BCUT2D eigenvalue weighted by molar-refractivity contribution is 8.00. The van der Waals surface area contributed by atoms with Crippen LogP contribution in [0.5, 0.6) is 0 Å². The van der Waals surface area contributed by atoms with Gasteiger partial charge in [0, 0.05) is 22.6 Å². The zero-order chi connectivity index (χ0) is 12.8. The van der Waals surface area contributed by atoms with Gasteiger partial charge in [-0.1, -0.05) is 23.6 Å². The maximum atomic E-state index is 8.70. The van der Waals surface area contributed by atoms with Gasteiger partial charge in [0.25, 0.3) is 0 Å². The predicted octanol–water partition coefficient (Wildman–Crippen LogP) is 2.93. The first-order valence-corrected chi connectivity index (χ1v) is 8.02. The average Bonchev–Trinajstić information content (AvgIpc) is 2.96. The van der Waals surface area contributed by atoms with E-state index in [0.717, 1.165) is 21.5 Å². The van der Waals surface area contributed by atoms with Crippen LogP contribution >= 0.6 is 34.6 Å². The van der Waals surface area contributed by atoms with E-state index in [4.69, 9.17) is 5.11 Å². The Hall–Kier alpha value is -0.870. The zero-order valence-corrected chi connectivity index (χ0v) is 12.3.